The summed E-state index contributed by atoms with van der Waals surface area (Å²) >= 11 is 0. The van der Waals surface area contributed by atoms with E-state index in [1.165, 1.54) is 0 Å². The fourth-order valence-electron chi connectivity index (χ4n) is 2.59. The molecule has 0 bridgehead atoms. The second-order valence-corrected chi connectivity index (χ2v) is 5.70. The van der Waals surface area contributed by atoms with Crippen molar-refractivity contribution in [1.29, 1.82) is 0 Å². The fourth-order valence-corrected chi connectivity index (χ4v) is 2.59. The van der Waals surface area contributed by atoms with Crippen LogP contribution in [0, 0.1) is 0 Å². The van der Waals surface area contributed by atoms with Gasteiger partial charge < -0.3 is 19.7 Å². The van der Waals surface area contributed by atoms with Crippen LogP contribution < -0.4 is 19.7 Å². The van der Waals surface area contributed by atoms with Crippen molar-refractivity contribution in [3.8, 4) is 11.5 Å². The smallest absolute Gasteiger partial charge is 0.161 e. The van der Waals surface area contributed by atoms with Crippen LogP contribution in [-0.4, -0.2) is 31.2 Å². The van der Waals surface area contributed by atoms with Crippen LogP contribution in [0.3, 0.4) is 0 Å². The first-order valence-electron chi connectivity index (χ1n) is 8.27. The van der Waals surface area contributed by atoms with Gasteiger partial charge >= 0.3 is 0 Å². The van der Waals surface area contributed by atoms with Crippen molar-refractivity contribution >= 4 is 17.3 Å². The first kappa shape index (κ1) is 17.5. The van der Waals surface area contributed by atoms with Crippen LogP contribution in [0.2, 0.25) is 0 Å². The van der Waals surface area contributed by atoms with Gasteiger partial charge in [-0.3, -0.25) is 0 Å². The molecule has 1 heterocycles. The first-order chi connectivity index (χ1) is 12.7. The van der Waals surface area contributed by atoms with Gasteiger partial charge in [-0.1, -0.05) is 24.3 Å². The minimum Gasteiger partial charge on any atom is -0.493 e. The molecule has 1 N–H and O–H groups in total. The molecule has 0 amide bonds. The normalized spacial score (nSPS) is 10.3. The summed E-state index contributed by atoms with van der Waals surface area (Å²) in [5.41, 5.74) is 2.14. The van der Waals surface area contributed by atoms with E-state index in [1.54, 1.807) is 20.5 Å². The molecule has 3 aromatic rings. The molecule has 1 aromatic heterocycles. The van der Waals surface area contributed by atoms with Crippen LogP contribution in [0.5, 0.6) is 11.5 Å². The lowest BCUT2D eigenvalue weighted by Crippen LogP contribution is -2.12. The van der Waals surface area contributed by atoms with Crippen molar-refractivity contribution in [3.63, 3.8) is 0 Å². The summed E-state index contributed by atoms with van der Waals surface area (Å²) in [6.45, 7) is 0.617. The standard InChI is InChI=1S/C20H22N4O2/c1-24(16-7-5-4-6-8-16)20-12-19(22-14-23-20)21-13-15-9-10-17(25-2)18(11-15)26-3/h4-12,14H,13H2,1-3H3,(H,21,22,23). The summed E-state index contributed by atoms with van der Waals surface area (Å²) in [6.07, 6.45) is 1.56. The predicted octanol–water partition coefficient (Wildman–Crippen LogP) is 3.87. The van der Waals surface area contributed by atoms with Crippen molar-refractivity contribution in [3.05, 3.63) is 66.5 Å². The highest BCUT2D eigenvalue weighted by atomic mass is 16.5. The molecule has 0 aliphatic rings. The number of nitrogens with one attached hydrogen (secondary N) is 1. The van der Waals surface area contributed by atoms with Crippen molar-refractivity contribution in [1.82, 2.24) is 9.97 Å². The number of hydrogen-bond acceptors (Lipinski definition) is 6. The van der Waals surface area contributed by atoms with Gasteiger partial charge in [0.25, 0.3) is 0 Å². The maximum atomic E-state index is 5.34. The summed E-state index contributed by atoms with van der Waals surface area (Å²) < 4.78 is 10.6. The van der Waals surface area contributed by atoms with Crippen LogP contribution in [0.1, 0.15) is 5.56 Å². The van der Waals surface area contributed by atoms with E-state index in [-0.39, 0.29) is 0 Å². The maximum absolute atomic E-state index is 5.34. The summed E-state index contributed by atoms with van der Waals surface area (Å²) in [5, 5.41) is 3.32. The quantitative estimate of drug-likeness (QED) is 0.698. The van der Waals surface area contributed by atoms with E-state index in [9.17, 15) is 0 Å². The molecule has 2 aromatic carbocycles. The van der Waals surface area contributed by atoms with E-state index in [4.69, 9.17) is 9.47 Å². The Kier molecular flexibility index (Phi) is 5.53. The molecular formula is C20H22N4O2. The van der Waals surface area contributed by atoms with Crippen LogP contribution in [0.25, 0.3) is 0 Å². The lowest BCUT2D eigenvalue weighted by atomic mass is 10.2. The molecule has 0 spiro atoms. The third kappa shape index (κ3) is 4.03. The third-order valence-corrected chi connectivity index (χ3v) is 4.06. The van der Waals surface area contributed by atoms with Crippen LogP contribution >= 0.6 is 0 Å². The van der Waals surface area contributed by atoms with Gasteiger partial charge in [-0.2, -0.15) is 0 Å². The molecule has 3 rings (SSSR count). The van der Waals surface area contributed by atoms with Crippen molar-refractivity contribution < 1.29 is 9.47 Å². The van der Waals surface area contributed by atoms with Gasteiger partial charge in [0, 0.05) is 25.3 Å². The van der Waals surface area contributed by atoms with E-state index in [0.29, 0.717) is 18.0 Å². The number of para-hydroxylation sites is 1. The number of rotatable bonds is 7. The highest BCUT2D eigenvalue weighted by Crippen LogP contribution is 2.28. The number of nitrogens with zero attached hydrogens (tertiary/aromatic N) is 3. The summed E-state index contributed by atoms with van der Waals surface area (Å²) in [6, 6.07) is 17.8. The van der Waals surface area contributed by atoms with Crippen molar-refractivity contribution in [2.24, 2.45) is 0 Å². The van der Waals surface area contributed by atoms with E-state index in [1.807, 2.05) is 66.5 Å². The van der Waals surface area contributed by atoms with E-state index < -0.39 is 0 Å². The van der Waals surface area contributed by atoms with Gasteiger partial charge in [0.05, 0.1) is 14.2 Å². The summed E-state index contributed by atoms with van der Waals surface area (Å²) in [7, 11) is 5.24. The monoisotopic (exact) mass is 350 g/mol. The number of hydrogen-bond donors (Lipinski definition) is 1. The second-order valence-electron chi connectivity index (χ2n) is 5.70. The highest BCUT2D eigenvalue weighted by molar-refractivity contribution is 5.61. The topological polar surface area (TPSA) is 59.5 Å². The van der Waals surface area contributed by atoms with Gasteiger partial charge in [-0.25, -0.2) is 9.97 Å². The second kappa shape index (κ2) is 8.20. The largest absolute Gasteiger partial charge is 0.493 e. The molecule has 26 heavy (non-hydrogen) atoms. The zero-order valence-electron chi connectivity index (χ0n) is 15.1. The third-order valence-electron chi connectivity index (χ3n) is 4.06. The summed E-state index contributed by atoms with van der Waals surface area (Å²) in [5.74, 6) is 3.00. The zero-order chi connectivity index (χ0) is 18.4. The highest BCUT2D eigenvalue weighted by Gasteiger charge is 2.08. The molecule has 0 radical (unpaired) electrons. The minimum atomic E-state index is 0.617. The molecule has 0 saturated carbocycles. The van der Waals surface area contributed by atoms with Crippen molar-refractivity contribution in [2.75, 3.05) is 31.5 Å². The molecule has 0 saturated heterocycles. The van der Waals surface area contributed by atoms with Crippen LogP contribution in [0.15, 0.2) is 60.9 Å². The Morgan fingerprint density at radius 3 is 2.42 bits per heavy atom. The number of ether oxygens (including phenoxy) is 2. The molecule has 0 unspecified atom stereocenters. The van der Waals surface area contributed by atoms with Gasteiger partial charge in [-0.15, -0.1) is 0 Å². The van der Waals surface area contributed by atoms with E-state index >= 15 is 0 Å². The lowest BCUT2D eigenvalue weighted by molar-refractivity contribution is 0.354. The van der Waals surface area contributed by atoms with Gasteiger partial charge in [0.2, 0.25) is 0 Å². The Morgan fingerprint density at radius 2 is 1.69 bits per heavy atom. The lowest BCUT2D eigenvalue weighted by Gasteiger charge is -2.18. The molecule has 134 valence electrons. The molecule has 0 aliphatic heterocycles. The predicted molar refractivity (Wildman–Crippen MR) is 103 cm³/mol. The Bertz CT molecular complexity index is 855. The molecule has 6 nitrogen and oxygen atoms in total. The summed E-state index contributed by atoms with van der Waals surface area (Å²) in [4.78, 5) is 10.7. The van der Waals surface area contributed by atoms with Crippen molar-refractivity contribution in [2.45, 2.75) is 6.54 Å². The first-order valence-corrected chi connectivity index (χ1v) is 8.27. The molecule has 6 heteroatoms. The van der Waals surface area contributed by atoms with Crippen LogP contribution in [-0.2, 0) is 6.54 Å². The molecule has 0 fully saturated rings. The van der Waals surface area contributed by atoms with Gasteiger partial charge in [0.1, 0.15) is 18.0 Å². The van der Waals surface area contributed by atoms with Crippen LogP contribution in [0.4, 0.5) is 17.3 Å². The number of methoxy groups -OCH3 is 2. The molecule has 0 atom stereocenters. The Labute approximate surface area is 153 Å². The SMILES string of the molecule is COc1ccc(CNc2cc(N(C)c3ccccc3)ncn2)cc1OC. The number of anilines is 3. The van der Waals surface area contributed by atoms with E-state index in [2.05, 4.69) is 15.3 Å². The zero-order valence-corrected chi connectivity index (χ0v) is 15.1. The van der Waals surface area contributed by atoms with Gasteiger partial charge in [-0.05, 0) is 29.8 Å². The maximum Gasteiger partial charge on any atom is 0.161 e. The number of aromatic nitrogens is 2. The average molecular weight is 350 g/mol. The molecular weight excluding hydrogens is 328 g/mol. The fraction of sp³-hybridized carbons (Fsp3) is 0.200. The Hall–Kier alpha value is -3.28. The van der Waals surface area contributed by atoms with E-state index in [0.717, 1.165) is 22.9 Å². The Morgan fingerprint density at radius 1 is 0.923 bits per heavy atom. The average Bonchev–Trinajstić information content (AvgIpc) is 2.72. The molecule has 0 aliphatic carbocycles. The minimum absolute atomic E-state index is 0.617. The Balaban J connectivity index is 1.71. The van der Waals surface area contributed by atoms with Gasteiger partial charge in [0.15, 0.2) is 11.5 Å². The number of benzene rings is 2.